The Kier molecular flexibility index (Phi) is 4.97. The average Bonchev–Trinajstić information content (AvgIpc) is 2.88. The number of hydrogen-bond donors (Lipinski definition) is 2. The molecule has 5 heteroatoms. The molecule has 1 aromatic rings. The molecule has 1 saturated heterocycles. The van der Waals surface area contributed by atoms with Gasteiger partial charge < -0.3 is 16.0 Å². The first-order valence-electron chi connectivity index (χ1n) is 6.46. The molecule has 1 aromatic heterocycles. The molecule has 0 aromatic carbocycles. The van der Waals surface area contributed by atoms with Crippen molar-refractivity contribution in [3.05, 3.63) is 21.9 Å². The number of nitrogens with two attached hydrogens (primary N) is 1. The SMILES string of the molecule is CN1CCC(NC(=O)c2csc(C#CCN)c2)CC1. The number of nitrogens with one attached hydrogen (secondary N) is 1. The van der Waals surface area contributed by atoms with Gasteiger partial charge in [-0.05, 0) is 39.0 Å². The lowest BCUT2D eigenvalue weighted by molar-refractivity contribution is 0.0917. The number of amides is 1. The second-order valence-electron chi connectivity index (χ2n) is 4.76. The molecular formula is C14H19N3OS. The van der Waals surface area contributed by atoms with Gasteiger partial charge in [0, 0.05) is 11.4 Å². The molecule has 102 valence electrons. The number of piperidine rings is 1. The number of carbonyl (C=O) groups is 1. The molecule has 4 nitrogen and oxygen atoms in total. The molecule has 1 aliphatic rings. The van der Waals surface area contributed by atoms with Crippen molar-refractivity contribution < 1.29 is 4.79 Å². The third-order valence-electron chi connectivity index (χ3n) is 3.23. The Bertz CT molecular complexity index is 492. The maximum absolute atomic E-state index is 12.1. The molecule has 0 saturated carbocycles. The lowest BCUT2D eigenvalue weighted by Gasteiger charge is -2.29. The van der Waals surface area contributed by atoms with Crippen molar-refractivity contribution in [2.45, 2.75) is 18.9 Å². The smallest absolute Gasteiger partial charge is 0.252 e. The van der Waals surface area contributed by atoms with Crippen LogP contribution in [0.1, 0.15) is 28.1 Å². The molecule has 1 aliphatic heterocycles. The second-order valence-corrected chi connectivity index (χ2v) is 5.67. The van der Waals surface area contributed by atoms with E-state index in [0.717, 1.165) is 30.8 Å². The van der Waals surface area contributed by atoms with E-state index >= 15 is 0 Å². The van der Waals surface area contributed by atoms with Gasteiger partial charge in [0.15, 0.2) is 0 Å². The highest BCUT2D eigenvalue weighted by Crippen LogP contribution is 2.15. The summed E-state index contributed by atoms with van der Waals surface area (Å²) >= 11 is 1.48. The predicted molar refractivity (Wildman–Crippen MR) is 78.2 cm³/mol. The van der Waals surface area contributed by atoms with Crippen LogP contribution in [0.3, 0.4) is 0 Å². The van der Waals surface area contributed by atoms with Crippen LogP contribution < -0.4 is 11.1 Å². The van der Waals surface area contributed by atoms with E-state index in [9.17, 15) is 4.79 Å². The molecule has 1 amide bonds. The molecule has 0 radical (unpaired) electrons. The van der Waals surface area contributed by atoms with Crippen LogP contribution in [-0.2, 0) is 0 Å². The second kappa shape index (κ2) is 6.71. The lowest BCUT2D eigenvalue weighted by atomic mass is 10.1. The van der Waals surface area contributed by atoms with E-state index in [0.29, 0.717) is 18.2 Å². The van der Waals surface area contributed by atoms with Crippen molar-refractivity contribution in [2.75, 3.05) is 26.7 Å². The number of nitrogens with zero attached hydrogens (tertiary/aromatic N) is 1. The van der Waals surface area contributed by atoms with Crippen LogP contribution in [0.25, 0.3) is 0 Å². The molecular weight excluding hydrogens is 258 g/mol. The summed E-state index contributed by atoms with van der Waals surface area (Å²) in [6.07, 6.45) is 2.04. The van der Waals surface area contributed by atoms with Gasteiger partial charge in [0.2, 0.25) is 0 Å². The van der Waals surface area contributed by atoms with E-state index in [4.69, 9.17) is 5.73 Å². The van der Waals surface area contributed by atoms with Crippen LogP contribution in [0.4, 0.5) is 0 Å². The topological polar surface area (TPSA) is 58.4 Å². The Balaban J connectivity index is 1.91. The summed E-state index contributed by atoms with van der Waals surface area (Å²) in [5.74, 6) is 5.75. The van der Waals surface area contributed by atoms with Crippen LogP contribution in [0, 0.1) is 11.8 Å². The van der Waals surface area contributed by atoms with Crippen LogP contribution in [-0.4, -0.2) is 43.5 Å². The average molecular weight is 277 g/mol. The zero-order chi connectivity index (χ0) is 13.7. The quantitative estimate of drug-likeness (QED) is 0.789. The minimum atomic E-state index is 0.00611. The van der Waals surface area contributed by atoms with Crippen LogP contribution in [0.15, 0.2) is 11.4 Å². The molecule has 2 rings (SSSR count). The van der Waals surface area contributed by atoms with Crippen LogP contribution >= 0.6 is 11.3 Å². The van der Waals surface area contributed by atoms with Crippen molar-refractivity contribution in [1.29, 1.82) is 0 Å². The van der Waals surface area contributed by atoms with Crippen molar-refractivity contribution in [1.82, 2.24) is 10.2 Å². The summed E-state index contributed by atoms with van der Waals surface area (Å²) in [4.78, 5) is 15.3. The van der Waals surface area contributed by atoms with Gasteiger partial charge >= 0.3 is 0 Å². The highest BCUT2D eigenvalue weighted by Gasteiger charge is 2.19. The molecule has 3 N–H and O–H groups in total. The van der Waals surface area contributed by atoms with Gasteiger partial charge in [0.1, 0.15) is 0 Å². The van der Waals surface area contributed by atoms with Gasteiger partial charge in [-0.15, -0.1) is 11.3 Å². The number of carbonyl (C=O) groups excluding carboxylic acids is 1. The Morgan fingerprint density at radius 2 is 2.32 bits per heavy atom. The van der Waals surface area contributed by atoms with Crippen molar-refractivity contribution in [2.24, 2.45) is 5.73 Å². The monoisotopic (exact) mass is 277 g/mol. The fourth-order valence-electron chi connectivity index (χ4n) is 2.08. The molecule has 0 aliphatic carbocycles. The minimum absolute atomic E-state index is 0.00611. The normalized spacial score (nSPS) is 16.7. The zero-order valence-electron chi connectivity index (χ0n) is 11.1. The van der Waals surface area contributed by atoms with E-state index in [2.05, 4.69) is 29.1 Å². The van der Waals surface area contributed by atoms with E-state index < -0.39 is 0 Å². The van der Waals surface area contributed by atoms with E-state index in [1.54, 1.807) is 0 Å². The van der Waals surface area contributed by atoms with E-state index in [1.165, 1.54) is 11.3 Å². The van der Waals surface area contributed by atoms with Crippen molar-refractivity contribution >= 4 is 17.2 Å². The van der Waals surface area contributed by atoms with Crippen LogP contribution in [0.5, 0.6) is 0 Å². The first-order valence-corrected chi connectivity index (χ1v) is 7.34. The van der Waals surface area contributed by atoms with Crippen molar-refractivity contribution in [3.63, 3.8) is 0 Å². The summed E-state index contributed by atoms with van der Waals surface area (Å²) in [6.45, 7) is 2.43. The minimum Gasteiger partial charge on any atom is -0.349 e. The Morgan fingerprint density at radius 1 is 1.58 bits per heavy atom. The number of thiophene rings is 1. The summed E-state index contributed by atoms with van der Waals surface area (Å²) in [7, 11) is 2.11. The van der Waals surface area contributed by atoms with Gasteiger partial charge in [0.25, 0.3) is 5.91 Å². The molecule has 0 bridgehead atoms. The largest absolute Gasteiger partial charge is 0.349 e. The molecule has 0 atom stereocenters. The Morgan fingerprint density at radius 3 is 3.00 bits per heavy atom. The maximum Gasteiger partial charge on any atom is 0.252 e. The Hall–Kier alpha value is -1.35. The highest BCUT2D eigenvalue weighted by atomic mass is 32.1. The summed E-state index contributed by atoms with van der Waals surface area (Å²) in [5, 5.41) is 4.95. The highest BCUT2D eigenvalue weighted by molar-refractivity contribution is 7.10. The van der Waals surface area contributed by atoms with E-state index in [1.807, 2.05) is 11.4 Å². The van der Waals surface area contributed by atoms with E-state index in [-0.39, 0.29) is 5.91 Å². The zero-order valence-corrected chi connectivity index (χ0v) is 11.9. The number of rotatable bonds is 2. The summed E-state index contributed by atoms with van der Waals surface area (Å²) in [6, 6.07) is 2.12. The van der Waals surface area contributed by atoms with Gasteiger partial charge in [-0.2, -0.15) is 0 Å². The first kappa shape index (κ1) is 14.1. The first-order chi connectivity index (χ1) is 9.19. The predicted octanol–water partition coefficient (Wildman–Crippen LogP) is 0.882. The molecule has 19 heavy (non-hydrogen) atoms. The number of likely N-dealkylation sites (tertiary alicyclic amines) is 1. The van der Waals surface area contributed by atoms with Gasteiger partial charge in [-0.25, -0.2) is 0 Å². The molecule has 2 heterocycles. The third-order valence-corrected chi connectivity index (χ3v) is 4.07. The molecule has 1 fully saturated rings. The van der Waals surface area contributed by atoms with Gasteiger partial charge in [-0.1, -0.05) is 11.8 Å². The fourth-order valence-corrected chi connectivity index (χ4v) is 2.84. The van der Waals surface area contributed by atoms with Crippen LogP contribution in [0.2, 0.25) is 0 Å². The lowest BCUT2D eigenvalue weighted by Crippen LogP contribution is -2.43. The summed E-state index contributed by atoms with van der Waals surface area (Å²) in [5.41, 5.74) is 6.02. The maximum atomic E-state index is 12.1. The fraction of sp³-hybridized carbons (Fsp3) is 0.500. The summed E-state index contributed by atoms with van der Waals surface area (Å²) < 4.78 is 0. The third kappa shape index (κ3) is 4.06. The standard InChI is InChI=1S/C14H19N3OS/c1-17-7-4-12(5-8-17)16-14(18)11-9-13(19-10-11)3-2-6-15/h9-10,12H,4-8,15H2,1H3,(H,16,18). The number of hydrogen-bond acceptors (Lipinski definition) is 4. The van der Waals surface area contributed by atoms with Crippen molar-refractivity contribution in [3.8, 4) is 11.8 Å². The van der Waals surface area contributed by atoms with Gasteiger partial charge in [-0.3, -0.25) is 4.79 Å². The molecule has 0 spiro atoms. The molecule has 0 unspecified atom stereocenters. The van der Waals surface area contributed by atoms with Gasteiger partial charge in [0.05, 0.1) is 17.0 Å². The Labute approximate surface area is 118 Å².